The maximum absolute atomic E-state index is 13.3. The van der Waals surface area contributed by atoms with E-state index in [0.717, 1.165) is 5.56 Å². The van der Waals surface area contributed by atoms with Crippen molar-refractivity contribution in [1.82, 2.24) is 18.9 Å². The summed E-state index contributed by atoms with van der Waals surface area (Å²) in [5.41, 5.74) is 1.98. The van der Waals surface area contributed by atoms with Crippen molar-refractivity contribution in [2.75, 3.05) is 18.4 Å². The summed E-state index contributed by atoms with van der Waals surface area (Å²) >= 11 is 1.21. The van der Waals surface area contributed by atoms with Crippen LogP contribution in [-0.4, -0.2) is 46.3 Å². The van der Waals surface area contributed by atoms with Gasteiger partial charge in [-0.15, -0.1) is 10.2 Å². The molecule has 0 bridgehead atoms. The zero-order valence-corrected chi connectivity index (χ0v) is 20.5. The van der Waals surface area contributed by atoms with Crippen LogP contribution in [0.1, 0.15) is 24.7 Å². The van der Waals surface area contributed by atoms with E-state index in [-0.39, 0.29) is 10.8 Å². The number of nitrogens with one attached hydrogen (secondary N) is 1. The Morgan fingerprint density at radius 2 is 1.62 bits per heavy atom. The SMILES string of the molecule is CCN(CC)S(=O)(=O)c1ccc2nnc(SC(C(=O)Nc3ccccc3)c3ccccc3)n2c1. The molecule has 0 saturated heterocycles. The lowest BCUT2D eigenvalue weighted by molar-refractivity contribution is -0.115. The molecule has 4 aromatic rings. The number of anilines is 1. The summed E-state index contributed by atoms with van der Waals surface area (Å²) in [6.45, 7) is 4.34. The Morgan fingerprint density at radius 1 is 0.971 bits per heavy atom. The van der Waals surface area contributed by atoms with E-state index in [9.17, 15) is 13.2 Å². The van der Waals surface area contributed by atoms with Crippen molar-refractivity contribution in [1.29, 1.82) is 0 Å². The summed E-state index contributed by atoms with van der Waals surface area (Å²) in [4.78, 5) is 13.4. The highest BCUT2D eigenvalue weighted by atomic mass is 32.2. The number of hydrogen-bond acceptors (Lipinski definition) is 6. The molecular weight excluding hydrogens is 470 g/mol. The molecule has 2 aromatic heterocycles. The van der Waals surface area contributed by atoms with Crippen LogP contribution < -0.4 is 5.32 Å². The Morgan fingerprint density at radius 3 is 2.26 bits per heavy atom. The van der Waals surface area contributed by atoms with E-state index in [1.807, 2.05) is 60.7 Å². The summed E-state index contributed by atoms with van der Waals surface area (Å²) in [7, 11) is -3.66. The summed E-state index contributed by atoms with van der Waals surface area (Å²) in [5, 5.41) is 11.2. The predicted octanol–water partition coefficient (Wildman–Crippen LogP) is 4.23. The van der Waals surface area contributed by atoms with Gasteiger partial charge in [-0.3, -0.25) is 9.20 Å². The largest absolute Gasteiger partial charge is 0.325 e. The van der Waals surface area contributed by atoms with Crippen molar-refractivity contribution in [3.63, 3.8) is 0 Å². The fourth-order valence-corrected chi connectivity index (χ4v) is 6.01. The van der Waals surface area contributed by atoms with Crippen LogP contribution in [0.3, 0.4) is 0 Å². The quantitative estimate of drug-likeness (QED) is 0.349. The Hall–Kier alpha value is -3.21. The van der Waals surface area contributed by atoms with Crippen molar-refractivity contribution in [3.05, 3.63) is 84.6 Å². The lowest BCUT2D eigenvalue weighted by atomic mass is 10.1. The van der Waals surface area contributed by atoms with Crippen molar-refractivity contribution < 1.29 is 13.2 Å². The van der Waals surface area contributed by atoms with Gasteiger partial charge in [-0.05, 0) is 29.8 Å². The molecule has 0 radical (unpaired) electrons. The van der Waals surface area contributed by atoms with Gasteiger partial charge in [0.05, 0.1) is 4.90 Å². The first-order valence-corrected chi connectivity index (χ1v) is 13.2. The van der Waals surface area contributed by atoms with Crippen molar-refractivity contribution in [3.8, 4) is 0 Å². The van der Waals surface area contributed by atoms with Gasteiger partial charge in [-0.25, -0.2) is 8.42 Å². The van der Waals surface area contributed by atoms with Crippen LogP contribution in [0.2, 0.25) is 0 Å². The first-order chi connectivity index (χ1) is 16.4. The van der Waals surface area contributed by atoms with Crippen LogP contribution in [0.15, 0.2) is 89.0 Å². The molecule has 10 heteroatoms. The Bertz CT molecular complexity index is 1370. The van der Waals surface area contributed by atoms with Gasteiger partial charge in [-0.2, -0.15) is 4.31 Å². The maximum Gasteiger partial charge on any atom is 0.244 e. The number of thioether (sulfide) groups is 1. The van der Waals surface area contributed by atoms with Crippen molar-refractivity contribution >= 4 is 39.0 Å². The molecule has 1 unspecified atom stereocenters. The molecular formula is C24H25N5O3S2. The average molecular weight is 496 g/mol. The van der Waals surface area contributed by atoms with Gasteiger partial charge < -0.3 is 5.32 Å². The highest BCUT2D eigenvalue weighted by Crippen LogP contribution is 2.36. The number of rotatable bonds is 9. The van der Waals surface area contributed by atoms with Gasteiger partial charge in [0, 0.05) is 25.0 Å². The molecule has 0 aliphatic rings. The van der Waals surface area contributed by atoms with E-state index >= 15 is 0 Å². The standard InChI is InChI=1S/C24H25N5O3S2/c1-3-28(4-2)34(31,32)20-15-16-21-26-27-24(29(21)17-20)33-22(18-11-7-5-8-12-18)23(30)25-19-13-9-6-10-14-19/h5-17,22H,3-4H2,1-2H3,(H,25,30). The molecule has 1 N–H and O–H groups in total. The monoisotopic (exact) mass is 495 g/mol. The fourth-order valence-electron chi connectivity index (χ4n) is 3.53. The first kappa shape index (κ1) is 23.9. The minimum absolute atomic E-state index is 0.148. The third-order valence-electron chi connectivity index (χ3n) is 5.29. The maximum atomic E-state index is 13.3. The number of sulfonamides is 1. The van der Waals surface area contributed by atoms with Gasteiger partial charge >= 0.3 is 0 Å². The molecule has 34 heavy (non-hydrogen) atoms. The minimum atomic E-state index is -3.66. The smallest absolute Gasteiger partial charge is 0.244 e. The highest BCUT2D eigenvalue weighted by Gasteiger charge is 2.26. The van der Waals surface area contributed by atoms with Crippen molar-refractivity contribution in [2.24, 2.45) is 0 Å². The summed E-state index contributed by atoms with van der Waals surface area (Å²) in [5.74, 6) is -0.217. The number of para-hydroxylation sites is 1. The number of carbonyl (C=O) groups is 1. The molecule has 0 aliphatic carbocycles. The molecule has 1 atom stereocenters. The lowest BCUT2D eigenvalue weighted by Gasteiger charge is -2.19. The molecule has 4 rings (SSSR count). The van der Waals surface area contributed by atoms with E-state index in [1.165, 1.54) is 28.3 Å². The van der Waals surface area contributed by atoms with Gasteiger partial charge in [-0.1, -0.05) is 74.1 Å². The van der Waals surface area contributed by atoms with Crippen LogP contribution in [0.5, 0.6) is 0 Å². The van der Waals surface area contributed by atoms with Gasteiger partial charge in [0.15, 0.2) is 10.8 Å². The minimum Gasteiger partial charge on any atom is -0.325 e. The number of hydrogen-bond donors (Lipinski definition) is 1. The van der Waals surface area contributed by atoms with Gasteiger partial charge in [0.1, 0.15) is 5.25 Å². The van der Waals surface area contributed by atoms with Gasteiger partial charge in [0.2, 0.25) is 15.9 Å². The average Bonchev–Trinajstić information content (AvgIpc) is 3.26. The number of nitrogens with zero attached hydrogens (tertiary/aromatic N) is 4. The molecule has 8 nitrogen and oxygen atoms in total. The van der Waals surface area contributed by atoms with Gasteiger partial charge in [0.25, 0.3) is 0 Å². The van der Waals surface area contributed by atoms with Crippen LogP contribution in [-0.2, 0) is 14.8 Å². The number of fused-ring (bicyclic) bond motifs is 1. The normalized spacial score (nSPS) is 12.7. The number of benzene rings is 2. The van der Waals surface area contributed by atoms with Crippen LogP contribution in [0.4, 0.5) is 5.69 Å². The fraction of sp³-hybridized carbons (Fsp3) is 0.208. The van der Waals surface area contributed by atoms with E-state index in [1.54, 1.807) is 24.3 Å². The third kappa shape index (κ3) is 4.98. The molecule has 0 saturated carbocycles. The number of aromatic nitrogens is 3. The number of amides is 1. The van der Waals surface area contributed by atoms with Crippen molar-refractivity contribution in [2.45, 2.75) is 29.1 Å². The number of pyridine rings is 1. The van der Waals surface area contributed by atoms with Crippen LogP contribution in [0.25, 0.3) is 5.65 Å². The zero-order chi connectivity index (χ0) is 24.1. The second-order valence-electron chi connectivity index (χ2n) is 7.43. The molecule has 1 amide bonds. The van der Waals surface area contributed by atoms with Crippen LogP contribution in [0, 0.1) is 0 Å². The zero-order valence-electron chi connectivity index (χ0n) is 18.8. The lowest BCUT2D eigenvalue weighted by Crippen LogP contribution is -2.30. The van der Waals surface area contributed by atoms with E-state index in [4.69, 9.17) is 0 Å². The first-order valence-electron chi connectivity index (χ1n) is 10.9. The van der Waals surface area contributed by atoms with E-state index in [2.05, 4.69) is 15.5 Å². The predicted molar refractivity (Wildman–Crippen MR) is 133 cm³/mol. The molecule has 0 aliphatic heterocycles. The Labute approximate surface area is 203 Å². The summed E-state index contributed by atoms with van der Waals surface area (Å²) < 4.78 is 29.1. The molecule has 2 aromatic carbocycles. The highest BCUT2D eigenvalue weighted by molar-refractivity contribution is 8.00. The van der Waals surface area contributed by atoms with Crippen LogP contribution >= 0.6 is 11.8 Å². The molecule has 2 heterocycles. The Balaban J connectivity index is 1.70. The van der Waals surface area contributed by atoms with E-state index < -0.39 is 15.3 Å². The Kier molecular flexibility index (Phi) is 7.30. The third-order valence-corrected chi connectivity index (χ3v) is 8.54. The molecule has 0 spiro atoms. The summed E-state index contributed by atoms with van der Waals surface area (Å²) in [6.07, 6.45) is 1.52. The second-order valence-corrected chi connectivity index (χ2v) is 10.4. The van der Waals surface area contributed by atoms with E-state index in [0.29, 0.717) is 29.6 Å². The second kappa shape index (κ2) is 10.4. The topological polar surface area (TPSA) is 96.7 Å². The number of carbonyl (C=O) groups excluding carboxylic acids is 1. The molecule has 0 fully saturated rings. The molecule has 176 valence electrons. The summed E-state index contributed by atoms with van der Waals surface area (Å²) in [6, 6.07) is 21.8.